The Morgan fingerprint density at radius 3 is 2.67 bits per heavy atom. The number of nitrogens with one attached hydrogen (secondary N) is 1. The highest BCUT2D eigenvalue weighted by atomic mass is 16.1. The van der Waals surface area contributed by atoms with Gasteiger partial charge in [0.05, 0.1) is 5.56 Å². The highest BCUT2D eigenvalue weighted by Gasteiger charge is 2.14. The molecule has 5 nitrogen and oxygen atoms in total. The molecule has 0 spiro atoms. The summed E-state index contributed by atoms with van der Waals surface area (Å²) in [5, 5.41) is 3.01. The molecule has 1 fully saturated rings. The van der Waals surface area contributed by atoms with Crippen molar-refractivity contribution in [1.82, 2.24) is 10.2 Å². The molecule has 1 aliphatic rings. The van der Waals surface area contributed by atoms with Gasteiger partial charge in [0.1, 0.15) is 0 Å². The predicted octanol–water partition coefficient (Wildman–Crippen LogP) is 1.55. The summed E-state index contributed by atoms with van der Waals surface area (Å²) in [4.78, 5) is 16.7. The average Bonchev–Trinajstić information content (AvgIpc) is 2.47. The first-order valence-corrected chi connectivity index (χ1v) is 7.65. The fourth-order valence-corrected chi connectivity index (χ4v) is 2.73. The van der Waals surface area contributed by atoms with E-state index in [1.165, 1.54) is 19.3 Å². The fraction of sp³-hybridized carbons (Fsp3) is 0.562. The van der Waals surface area contributed by atoms with Gasteiger partial charge in [-0.25, -0.2) is 0 Å². The van der Waals surface area contributed by atoms with E-state index in [4.69, 9.17) is 5.73 Å². The van der Waals surface area contributed by atoms with Crippen molar-refractivity contribution in [3.05, 3.63) is 23.8 Å². The normalized spacial score (nSPS) is 15.7. The van der Waals surface area contributed by atoms with E-state index in [0.717, 1.165) is 25.3 Å². The first-order chi connectivity index (χ1) is 10.1. The zero-order chi connectivity index (χ0) is 15.2. The van der Waals surface area contributed by atoms with E-state index in [1.54, 1.807) is 6.07 Å². The summed E-state index contributed by atoms with van der Waals surface area (Å²) in [5.41, 5.74) is 7.94. The number of carbonyl (C=O) groups excluding carboxylic acids is 1. The lowest BCUT2D eigenvalue weighted by Crippen LogP contribution is -2.38. The van der Waals surface area contributed by atoms with Crippen molar-refractivity contribution in [3.63, 3.8) is 0 Å². The van der Waals surface area contributed by atoms with E-state index in [2.05, 4.69) is 10.2 Å². The van der Waals surface area contributed by atoms with E-state index in [1.807, 2.05) is 31.1 Å². The number of anilines is 2. The van der Waals surface area contributed by atoms with Gasteiger partial charge in [-0.2, -0.15) is 0 Å². The number of nitrogen functional groups attached to an aromatic ring is 1. The molecular formula is C16H26N4O. The Morgan fingerprint density at radius 2 is 2.00 bits per heavy atom. The van der Waals surface area contributed by atoms with E-state index in [-0.39, 0.29) is 5.91 Å². The molecule has 2 rings (SSSR count). The molecule has 3 N–H and O–H groups in total. The van der Waals surface area contributed by atoms with Gasteiger partial charge in [-0.05, 0) is 44.1 Å². The third-order valence-corrected chi connectivity index (χ3v) is 3.91. The lowest BCUT2D eigenvalue weighted by molar-refractivity contribution is 0.0947. The minimum absolute atomic E-state index is 0.0528. The molecule has 0 aliphatic carbocycles. The van der Waals surface area contributed by atoms with Crippen molar-refractivity contribution in [2.45, 2.75) is 19.3 Å². The number of rotatable bonds is 5. The van der Waals surface area contributed by atoms with Crippen LogP contribution in [0.4, 0.5) is 11.4 Å². The maximum atomic E-state index is 12.4. The first kappa shape index (κ1) is 15.6. The number of amides is 1. The number of benzene rings is 1. The van der Waals surface area contributed by atoms with Crippen LogP contribution in [0, 0.1) is 0 Å². The molecule has 0 saturated carbocycles. The molecule has 1 aliphatic heterocycles. The SMILES string of the molecule is CN(C)c1ccc(N)cc1C(=O)NCCN1CCCCC1. The molecule has 0 atom stereocenters. The number of piperidine rings is 1. The molecule has 0 radical (unpaired) electrons. The van der Waals surface area contributed by atoms with Crippen molar-refractivity contribution < 1.29 is 4.79 Å². The number of nitrogens with zero attached hydrogens (tertiary/aromatic N) is 2. The summed E-state index contributed by atoms with van der Waals surface area (Å²) in [5.74, 6) is -0.0528. The van der Waals surface area contributed by atoms with Gasteiger partial charge in [-0.1, -0.05) is 6.42 Å². The van der Waals surface area contributed by atoms with Crippen molar-refractivity contribution in [1.29, 1.82) is 0 Å². The zero-order valence-corrected chi connectivity index (χ0v) is 13.1. The standard InChI is InChI=1S/C16H26N4O/c1-19(2)15-7-6-13(17)12-14(15)16(21)18-8-11-20-9-4-3-5-10-20/h6-7,12H,3-5,8-11,17H2,1-2H3,(H,18,21). The predicted molar refractivity (Wildman–Crippen MR) is 87.8 cm³/mol. The van der Waals surface area contributed by atoms with Gasteiger partial charge in [0.2, 0.25) is 0 Å². The summed E-state index contributed by atoms with van der Waals surface area (Å²) < 4.78 is 0. The number of carbonyl (C=O) groups is 1. The molecule has 0 aromatic heterocycles. The largest absolute Gasteiger partial charge is 0.399 e. The van der Waals surface area contributed by atoms with E-state index in [9.17, 15) is 4.79 Å². The summed E-state index contributed by atoms with van der Waals surface area (Å²) in [6.45, 7) is 3.90. The Hall–Kier alpha value is -1.75. The molecule has 1 saturated heterocycles. The molecule has 1 heterocycles. The van der Waals surface area contributed by atoms with Crippen LogP contribution < -0.4 is 16.0 Å². The van der Waals surface area contributed by atoms with Gasteiger partial charge in [-0.15, -0.1) is 0 Å². The Labute approximate surface area is 127 Å². The van der Waals surface area contributed by atoms with Gasteiger partial charge in [0.15, 0.2) is 0 Å². The van der Waals surface area contributed by atoms with Crippen LogP contribution in [0.2, 0.25) is 0 Å². The van der Waals surface area contributed by atoms with E-state index in [0.29, 0.717) is 17.8 Å². The molecule has 0 unspecified atom stereocenters. The molecule has 0 bridgehead atoms. The van der Waals surface area contributed by atoms with Gasteiger partial charge in [0.25, 0.3) is 5.91 Å². The molecule has 5 heteroatoms. The van der Waals surface area contributed by atoms with Crippen LogP contribution >= 0.6 is 0 Å². The molecule has 116 valence electrons. The Balaban J connectivity index is 1.92. The number of likely N-dealkylation sites (tertiary alicyclic amines) is 1. The highest BCUT2D eigenvalue weighted by molar-refractivity contribution is 6.00. The minimum atomic E-state index is -0.0528. The summed E-state index contributed by atoms with van der Waals surface area (Å²) in [6.07, 6.45) is 3.88. The van der Waals surface area contributed by atoms with Crippen LogP contribution in [-0.2, 0) is 0 Å². The van der Waals surface area contributed by atoms with Gasteiger partial charge in [0, 0.05) is 38.6 Å². The van der Waals surface area contributed by atoms with Crippen molar-refractivity contribution in [3.8, 4) is 0 Å². The lowest BCUT2D eigenvalue weighted by Gasteiger charge is -2.26. The monoisotopic (exact) mass is 290 g/mol. The second-order valence-corrected chi connectivity index (χ2v) is 5.83. The third kappa shape index (κ3) is 4.36. The first-order valence-electron chi connectivity index (χ1n) is 7.65. The molecule has 1 aromatic carbocycles. The molecule has 1 amide bonds. The Bertz CT molecular complexity index is 481. The fourth-order valence-electron chi connectivity index (χ4n) is 2.73. The quantitative estimate of drug-likeness (QED) is 0.808. The summed E-state index contributed by atoms with van der Waals surface area (Å²) >= 11 is 0. The van der Waals surface area contributed by atoms with Crippen molar-refractivity contribution >= 4 is 17.3 Å². The van der Waals surface area contributed by atoms with Crippen molar-refractivity contribution in [2.75, 3.05) is 50.9 Å². The number of hydrogen-bond acceptors (Lipinski definition) is 4. The van der Waals surface area contributed by atoms with Crippen LogP contribution in [0.5, 0.6) is 0 Å². The molecule has 1 aromatic rings. The van der Waals surface area contributed by atoms with Crippen LogP contribution in [0.15, 0.2) is 18.2 Å². The molecule has 21 heavy (non-hydrogen) atoms. The average molecular weight is 290 g/mol. The third-order valence-electron chi connectivity index (χ3n) is 3.91. The van der Waals surface area contributed by atoms with E-state index >= 15 is 0 Å². The number of hydrogen-bond donors (Lipinski definition) is 2. The minimum Gasteiger partial charge on any atom is -0.399 e. The van der Waals surface area contributed by atoms with Gasteiger partial charge < -0.3 is 20.9 Å². The smallest absolute Gasteiger partial charge is 0.253 e. The van der Waals surface area contributed by atoms with Crippen LogP contribution in [0.25, 0.3) is 0 Å². The zero-order valence-electron chi connectivity index (χ0n) is 13.1. The van der Waals surface area contributed by atoms with E-state index < -0.39 is 0 Å². The topological polar surface area (TPSA) is 61.6 Å². The van der Waals surface area contributed by atoms with Crippen molar-refractivity contribution in [2.24, 2.45) is 0 Å². The Kier molecular flexibility index (Phi) is 5.44. The molecular weight excluding hydrogens is 264 g/mol. The van der Waals surface area contributed by atoms with Crippen LogP contribution in [-0.4, -0.2) is 51.1 Å². The lowest BCUT2D eigenvalue weighted by atomic mass is 10.1. The maximum Gasteiger partial charge on any atom is 0.253 e. The maximum absolute atomic E-state index is 12.4. The summed E-state index contributed by atoms with van der Waals surface area (Å²) in [6, 6.07) is 5.44. The Morgan fingerprint density at radius 1 is 1.29 bits per heavy atom. The van der Waals surface area contributed by atoms with Gasteiger partial charge in [-0.3, -0.25) is 4.79 Å². The van der Waals surface area contributed by atoms with Gasteiger partial charge >= 0.3 is 0 Å². The second kappa shape index (κ2) is 7.31. The number of nitrogens with two attached hydrogens (primary N) is 1. The van der Waals surface area contributed by atoms with Crippen LogP contribution in [0.3, 0.4) is 0 Å². The van der Waals surface area contributed by atoms with Crippen LogP contribution in [0.1, 0.15) is 29.6 Å². The highest BCUT2D eigenvalue weighted by Crippen LogP contribution is 2.21. The second-order valence-electron chi connectivity index (χ2n) is 5.83. The summed E-state index contributed by atoms with van der Waals surface area (Å²) in [7, 11) is 3.85.